The average Bonchev–Trinajstić information content (AvgIpc) is 2.75. The molecule has 1 fully saturated rings. The van der Waals surface area contributed by atoms with Crippen molar-refractivity contribution in [3.63, 3.8) is 0 Å². The molecule has 0 amide bonds. The fourth-order valence-corrected chi connectivity index (χ4v) is 3.79. The number of ether oxygens (including phenoxy) is 1. The summed E-state index contributed by atoms with van der Waals surface area (Å²) < 4.78 is 5.76. The second kappa shape index (κ2) is 5.96. The summed E-state index contributed by atoms with van der Waals surface area (Å²) in [5, 5.41) is 0. The summed E-state index contributed by atoms with van der Waals surface area (Å²) in [5.41, 5.74) is 7.99. The lowest BCUT2D eigenvalue weighted by atomic mass is 9.78. The number of hydrogen-bond acceptors (Lipinski definition) is 2. The second-order valence-corrected chi connectivity index (χ2v) is 6.11. The highest BCUT2D eigenvalue weighted by Crippen LogP contribution is 2.39. The largest absolute Gasteiger partial charge is 0.493 e. The van der Waals surface area contributed by atoms with Crippen molar-refractivity contribution in [3.8, 4) is 5.75 Å². The third-order valence-electron chi connectivity index (χ3n) is 4.91. The van der Waals surface area contributed by atoms with Crippen molar-refractivity contribution < 1.29 is 4.74 Å². The SMILES string of the molecule is NC(C1CCCCCC1)C1CCOc2ccccc21. The quantitative estimate of drug-likeness (QED) is 0.819. The molecular formula is C17H25NO. The van der Waals surface area contributed by atoms with Crippen LogP contribution < -0.4 is 10.5 Å². The van der Waals surface area contributed by atoms with Crippen LogP contribution in [0.25, 0.3) is 0 Å². The van der Waals surface area contributed by atoms with Gasteiger partial charge in [-0.1, -0.05) is 43.9 Å². The maximum Gasteiger partial charge on any atom is 0.122 e. The zero-order valence-electron chi connectivity index (χ0n) is 11.7. The zero-order chi connectivity index (χ0) is 13.1. The van der Waals surface area contributed by atoms with E-state index in [9.17, 15) is 0 Å². The van der Waals surface area contributed by atoms with E-state index in [2.05, 4.69) is 24.3 Å². The van der Waals surface area contributed by atoms with Crippen LogP contribution in [-0.2, 0) is 0 Å². The van der Waals surface area contributed by atoms with Crippen LogP contribution in [0.4, 0.5) is 0 Å². The van der Waals surface area contributed by atoms with Crippen LogP contribution in [0.1, 0.15) is 56.4 Å². The highest BCUT2D eigenvalue weighted by atomic mass is 16.5. The molecular weight excluding hydrogens is 234 g/mol. The molecule has 1 aromatic carbocycles. The molecule has 1 aliphatic heterocycles. The minimum absolute atomic E-state index is 0.308. The van der Waals surface area contributed by atoms with Crippen LogP contribution in [0.15, 0.2) is 24.3 Å². The molecule has 2 unspecified atom stereocenters. The minimum Gasteiger partial charge on any atom is -0.493 e. The predicted molar refractivity (Wildman–Crippen MR) is 78.5 cm³/mol. The fourth-order valence-electron chi connectivity index (χ4n) is 3.79. The Morgan fingerprint density at radius 1 is 1.00 bits per heavy atom. The Morgan fingerprint density at radius 3 is 2.53 bits per heavy atom. The van der Waals surface area contributed by atoms with Gasteiger partial charge in [0.15, 0.2) is 0 Å². The maximum absolute atomic E-state index is 6.65. The Bertz CT molecular complexity index is 409. The standard InChI is InChI=1S/C17H25NO/c18-17(13-7-3-1-2-4-8-13)15-11-12-19-16-10-6-5-9-14(15)16/h5-6,9-10,13,15,17H,1-4,7-8,11-12,18H2. The van der Waals surface area contributed by atoms with Gasteiger partial charge in [-0.25, -0.2) is 0 Å². The molecule has 2 aliphatic rings. The summed E-state index contributed by atoms with van der Waals surface area (Å²) >= 11 is 0. The van der Waals surface area contributed by atoms with E-state index in [-0.39, 0.29) is 0 Å². The van der Waals surface area contributed by atoms with E-state index >= 15 is 0 Å². The molecule has 1 saturated carbocycles. The number of rotatable bonds is 2. The number of para-hydroxylation sites is 1. The first kappa shape index (κ1) is 13.0. The van der Waals surface area contributed by atoms with Crippen molar-refractivity contribution in [2.45, 2.75) is 56.9 Å². The molecule has 2 nitrogen and oxygen atoms in total. The van der Waals surface area contributed by atoms with Gasteiger partial charge in [-0.15, -0.1) is 0 Å². The van der Waals surface area contributed by atoms with E-state index < -0.39 is 0 Å². The molecule has 2 N–H and O–H groups in total. The van der Waals surface area contributed by atoms with Gasteiger partial charge in [-0.3, -0.25) is 0 Å². The third-order valence-corrected chi connectivity index (χ3v) is 4.91. The van der Waals surface area contributed by atoms with Crippen molar-refractivity contribution in [3.05, 3.63) is 29.8 Å². The molecule has 1 aliphatic carbocycles. The summed E-state index contributed by atoms with van der Waals surface area (Å²) in [6.45, 7) is 0.822. The van der Waals surface area contributed by atoms with Crippen molar-refractivity contribution in [1.29, 1.82) is 0 Å². The highest BCUT2D eigenvalue weighted by Gasteiger charge is 2.31. The molecule has 2 atom stereocenters. The molecule has 0 aromatic heterocycles. The minimum atomic E-state index is 0.308. The van der Waals surface area contributed by atoms with Crippen molar-refractivity contribution in [1.82, 2.24) is 0 Å². The van der Waals surface area contributed by atoms with Gasteiger partial charge >= 0.3 is 0 Å². The lowest BCUT2D eigenvalue weighted by Gasteiger charge is -2.34. The monoisotopic (exact) mass is 259 g/mol. The molecule has 0 saturated heterocycles. The summed E-state index contributed by atoms with van der Waals surface area (Å²) in [6, 6.07) is 8.76. The average molecular weight is 259 g/mol. The Balaban J connectivity index is 1.78. The smallest absolute Gasteiger partial charge is 0.122 e. The third kappa shape index (κ3) is 2.79. The zero-order valence-corrected chi connectivity index (χ0v) is 11.7. The summed E-state index contributed by atoms with van der Waals surface area (Å²) in [6.07, 6.45) is 9.24. The van der Waals surface area contributed by atoms with E-state index in [0.29, 0.717) is 17.9 Å². The predicted octanol–water partition coefficient (Wildman–Crippen LogP) is 3.85. The molecule has 104 valence electrons. The first-order valence-corrected chi connectivity index (χ1v) is 7.83. The van der Waals surface area contributed by atoms with E-state index in [0.717, 1.165) is 18.8 Å². The van der Waals surface area contributed by atoms with Gasteiger partial charge in [-0.05, 0) is 36.8 Å². The number of hydrogen-bond donors (Lipinski definition) is 1. The topological polar surface area (TPSA) is 35.2 Å². The van der Waals surface area contributed by atoms with Crippen LogP contribution >= 0.6 is 0 Å². The van der Waals surface area contributed by atoms with Crippen LogP contribution in [0.2, 0.25) is 0 Å². The van der Waals surface area contributed by atoms with E-state index in [4.69, 9.17) is 10.5 Å². The Morgan fingerprint density at radius 2 is 1.74 bits per heavy atom. The van der Waals surface area contributed by atoms with E-state index in [1.807, 2.05) is 0 Å². The Labute approximate surface area is 116 Å². The van der Waals surface area contributed by atoms with Gasteiger partial charge in [0.2, 0.25) is 0 Å². The molecule has 19 heavy (non-hydrogen) atoms. The lowest BCUT2D eigenvalue weighted by molar-refractivity contribution is 0.229. The van der Waals surface area contributed by atoms with E-state index in [1.165, 1.54) is 44.1 Å². The summed E-state index contributed by atoms with van der Waals surface area (Å²) in [4.78, 5) is 0. The van der Waals surface area contributed by atoms with Gasteiger partial charge in [0.25, 0.3) is 0 Å². The van der Waals surface area contributed by atoms with Crippen molar-refractivity contribution >= 4 is 0 Å². The normalized spacial score (nSPS) is 26.1. The van der Waals surface area contributed by atoms with Crippen LogP contribution in [0.5, 0.6) is 5.75 Å². The molecule has 3 rings (SSSR count). The highest BCUT2D eigenvalue weighted by molar-refractivity contribution is 5.38. The van der Waals surface area contributed by atoms with Gasteiger partial charge < -0.3 is 10.5 Å². The van der Waals surface area contributed by atoms with Crippen LogP contribution in [-0.4, -0.2) is 12.6 Å². The molecule has 2 heteroatoms. The van der Waals surface area contributed by atoms with Gasteiger partial charge in [0.1, 0.15) is 5.75 Å². The molecule has 0 bridgehead atoms. The molecule has 1 heterocycles. The fraction of sp³-hybridized carbons (Fsp3) is 0.647. The maximum atomic E-state index is 6.65. The molecule has 0 spiro atoms. The van der Waals surface area contributed by atoms with Gasteiger partial charge in [-0.2, -0.15) is 0 Å². The van der Waals surface area contributed by atoms with Gasteiger partial charge in [0.05, 0.1) is 6.61 Å². The molecule has 0 radical (unpaired) electrons. The Hall–Kier alpha value is -1.02. The van der Waals surface area contributed by atoms with Crippen molar-refractivity contribution in [2.75, 3.05) is 6.61 Å². The van der Waals surface area contributed by atoms with E-state index in [1.54, 1.807) is 0 Å². The first-order valence-electron chi connectivity index (χ1n) is 7.83. The number of fused-ring (bicyclic) bond motifs is 1. The molecule has 1 aromatic rings. The summed E-state index contributed by atoms with van der Waals surface area (Å²) in [5.74, 6) is 2.26. The first-order chi connectivity index (χ1) is 9.36. The van der Waals surface area contributed by atoms with Crippen LogP contribution in [0.3, 0.4) is 0 Å². The van der Waals surface area contributed by atoms with Crippen LogP contribution in [0, 0.1) is 5.92 Å². The van der Waals surface area contributed by atoms with Gasteiger partial charge in [0, 0.05) is 12.0 Å². The Kier molecular flexibility index (Phi) is 4.07. The number of nitrogens with two attached hydrogens (primary N) is 1. The lowest BCUT2D eigenvalue weighted by Crippen LogP contribution is -2.38. The summed E-state index contributed by atoms with van der Waals surface area (Å²) in [7, 11) is 0. The van der Waals surface area contributed by atoms with Crippen molar-refractivity contribution in [2.24, 2.45) is 11.7 Å². The number of benzene rings is 1. The second-order valence-electron chi connectivity index (χ2n) is 6.11.